The van der Waals surface area contributed by atoms with Gasteiger partial charge in [0, 0.05) is 19.0 Å². The summed E-state index contributed by atoms with van der Waals surface area (Å²) in [6.07, 6.45) is 0.911. The Balaban J connectivity index is 0. The smallest absolute Gasteiger partial charge is 0.245 e. The lowest BCUT2D eigenvalue weighted by Gasteiger charge is -2.09. The number of rotatable bonds is 17. The molecule has 0 aliphatic heterocycles. The van der Waals surface area contributed by atoms with Crippen LogP contribution in [0, 0.1) is 5.92 Å². The summed E-state index contributed by atoms with van der Waals surface area (Å²) in [6.45, 7) is 14.1. The molecule has 0 saturated heterocycles. The first-order chi connectivity index (χ1) is 13.1. The van der Waals surface area contributed by atoms with Crippen molar-refractivity contribution < 1.29 is 28.5 Å². The van der Waals surface area contributed by atoms with E-state index in [-0.39, 0.29) is 24.3 Å². The largest absolute Gasteiger partial charge is 0.377 e. The lowest BCUT2D eigenvalue weighted by molar-refractivity contribution is -0.126. The summed E-state index contributed by atoms with van der Waals surface area (Å²) in [5, 5.41) is 5.50. The topological polar surface area (TPSA) is 95.1 Å². The molecule has 0 aliphatic carbocycles. The molecule has 0 aromatic heterocycles. The molecule has 2 N–H and O–H groups in total. The maximum Gasteiger partial charge on any atom is 0.245 e. The molecule has 0 radical (unpaired) electrons. The fourth-order valence-corrected chi connectivity index (χ4v) is 1.59. The minimum atomic E-state index is -0.103. The van der Waals surface area contributed by atoms with Crippen molar-refractivity contribution in [1.82, 2.24) is 10.6 Å². The average Bonchev–Trinajstić information content (AvgIpc) is 2.67. The summed E-state index contributed by atoms with van der Waals surface area (Å²) in [5.41, 5.74) is 0. The van der Waals surface area contributed by atoms with Crippen molar-refractivity contribution in [3.05, 3.63) is 0 Å². The van der Waals surface area contributed by atoms with Gasteiger partial charge in [-0.2, -0.15) is 0 Å². The first kappa shape index (κ1) is 28.0. The van der Waals surface area contributed by atoms with Crippen LogP contribution in [0.5, 0.6) is 0 Å². The maximum absolute atomic E-state index is 11.3. The zero-order valence-electron chi connectivity index (χ0n) is 17.8. The maximum atomic E-state index is 11.3. The van der Waals surface area contributed by atoms with Gasteiger partial charge in [0.15, 0.2) is 0 Å². The highest BCUT2D eigenvalue weighted by atomic mass is 16.6. The Labute approximate surface area is 164 Å². The molecule has 162 valence electrons. The van der Waals surface area contributed by atoms with Gasteiger partial charge in [-0.3, -0.25) is 9.59 Å². The molecule has 8 heteroatoms. The van der Waals surface area contributed by atoms with Crippen molar-refractivity contribution in [2.75, 3.05) is 65.9 Å². The Morgan fingerprint density at radius 3 is 1.70 bits per heavy atom. The van der Waals surface area contributed by atoms with E-state index in [1.807, 2.05) is 34.6 Å². The fourth-order valence-electron chi connectivity index (χ4n) is 1.59. The van der Waals surface area contributed by atoms with Gasteiger partial charge in [0.25, 0.3) is 0 Å². The van der Waals surface area contributed by atoms with Crippen molar-refractivity contribution >= 4 is 11.8 Å². The van der Waals surface area contributed by atoms with Crippen molar-refractivity contribution in [2.24, 2.45) is 5.92 Å². The third-order valence-electron chi connectivity index (χ3n) is 2.99. The Morgan fingerprint density at radius 1 is 0.741 bits per heavy atom. The van der Waals surface area contributed by atoms with Crippen LogP contribution in [-0.2, 0) is 28.5 Å². The molecular formula is C19H40N2O6. The molecule has 27 heavy (non-hydrogen) atoms. The van der Waals surface area contributed by atoms with E-state index in [1.54, 1.807) is 0 Å². The predicted molar refractivity (Wildman–Crippen MR) is 106 cm³/mol. The second kappa shape index (κ2) is 22.8. The van der Waals surface area contributed by atoms with Crippen LogP contribution < -0.4 is 10.6 Å². The summed E-state index contributed by atoms with van der Waals surface area (Å²) in [5.74, 6) is -0.0801. The van der Waals surface area contributed by atoms with Crippen LogP contribution in [0.4, 0.5) is 0 Å². The molecule has 8 nitrogen and oxygen atoms in total. The van der Waals surface area contributed by atoms with Gasteiger partial charge in [0.2, 0.25) is 11.8 Å². The van der Waals surface area contributed by atoms with E-state index in [1.165, 1.54) is 0 Å². The van der Waals surface area contributed by atoms with Crippen LogP contribution in [0.25, 0.3) is 0 Å². The van der Waals surface area contributed by atoms with Crippen LogP contribution in [0.3, 0.4) is 0 Å². The standard InChI is InChI=1S/C17H34N2O6.C2H6/c1-4-5-18-16(20)14-25-13-12-24-11-10-23-9-8-22-7-6-19-17(21)15(2)3;1-2/h15H,4-14H2,1-3H3,(H,18,20)(H,19,21);1-2H3. The van der Waals surface area contributed by atoms with Gasteiger partial charge < -0.3 is 29.6 Å². The van der Waals surface area contributed by atoms with E-state index < -0.39 is 0 Å². The van der Waals surface area contributed by atoms with Crippen LogP contribution in [0.1, 0.15) is 41.0 Å². The third kappa shape index (κ3) is 22.7. The summed E-state index contributed by atoms with van der Waals surface area (Å²) in [7, 11) is 0. The highest BCUT2D eigenvalue weighted by molar-refractivity contribution is 5.77. The zero-order chi connectivity index (χ0) is 20.8. The van der Waals surface area contributed by atoms with Crippen molar-refractivity contribution in [3.8, 4) is 0 Å². The third-order valence-corrected chi connectivity index (χ3v) is 2.99. The Morgan fingerprint density at radius 2 is 1.22 bits per heavy atom. The van der Waals surface area contributed by atoms with E-state index in [4.69, 9.17) is 18.9 Å². The zero-order valence-corrected chi connectivity index (χ0v) is 17.8. The van der Waals surface area contributed by atoms with E-state index >= 15 is 0 Å². The van der Waals surface area contributed by atoms with Crippen LogP contribution in [0.15, 0.2) is 0 Å². The number of hydrogen-bond donors (Lipinski definition) is 2. The fraction of sp³-hybridized carbons (Fsp3) is 0.895. The molecule has 0 aromatic rings. The molecule has 0 unspecified atom stereocenters. The monoisotopic (exact) mass is 392 g/mol. The normalized spacial score (nSPS) is 10.3. The first-order valence-corrected chi connectivity index (χ1v) is 9.93. The molecule has 0 aromatic carbocycles. The van der Waals surface area contributed by atoms with Gasteiger partial charge >= 0.3 is 0 Å². The molecule has 0 heterocycles. The van der Waals surface area contributed by atoms with Gasteiger partial charge in [0.05, 0.1) is 46.2 Å². The molecule has 0 fully saturated rings. The van der Waals surface area contributed by atoms with Crippen LogP contribution >= 0.6 is 0 Å². The minimum Gasteiger partial charge on any atom is -0.377 e. The highest BCUT2D eigenvalue weighted by Gasteiger charge is 2.04. The van der Waals surface area contributed by atoms with E-state index in [9.17, 15) is 9.59 Å². The first-order valence-electron chi connectivity index (χ1n) is 9.93. The van der Waals surface area contributed by atoms with Crippen LogP contribution in [0.2, 0.25) is 0 Å². The molecule has 0 saturated carbocycles. The Hall–Kier alpha value is -1.22. The number of carbonyl (C=O) groups excluding carboxylic acids is 2. The molecule has 0 atom stereocenters. The number of nitrogens with one attached hydrogen (secondary N) is 2. The lowest BCUT2D eigenvalue weighted by atomic mass is 10.2. The van der Waals surface area contributed by atoms with Gasteiger partial charge in [-0.15, -0.1) is 0 Å². The second-order valence-corrected chi connectivity index (χ2v) is 5.69. The number of amides is 2. The van der Waals surface area contributed by atoms with Gasteiger partial charge in [-0.1, -0.05) is 34.6 Å². The van der Waals surface area contributed by atoms with Crippen LogP contribution in [-0.4, -0.2) is 77.8 Å². The molecule has 0 bridgehead atoms. The summed E-state index contributed by atoms with van der Waals surface area (Å²) < 4.78 is 21.2. The molecular weight excluding hydrogens is 352 g/mol. The van der Waals surface area contributed by atoms with Crippen molar-refractivity contribution in [2.45, 2.75) is 41.0 Å². The van der Waals surface area contributed by atoms with Crippen molar-refractivity contribution in [3.63, 3.8) is 0 Å². The summed E-state index contributed by atoms with van der Waals surface area (Å²) in [4.78, 5) is 22.5. The van der Waals surface area contributed by atoms with Gasteiger partial charge in [0.1, 0.15) is 6.61 Å². The Bertz CT molecular complexity index is 340. The number of hydrogen-bond acceptors (Lipinski definition) is 6. The molecule has 2 amide bonds. The highest BCUT2D eigenvalue weighted by Crippen LogP contribution is 1.89. The molecule has 0 aliphatic rings. The Kier molecular flexibility index (Phi) is 23.7. The molecule has 0 rings (SSSR count). The summed E-state index contributed by atoms with van der Waals surface area (Å²) in [6, 6.07) is 0. The number of ether oxygens (including phenoxy) is 4. The van der Waals surface area contributed by atoms with Crippen molar-refractivity contribution in [1.29, 1.82) is 0 Å². The SMILES string of the molecule is CC.CCCNC(=O)COCCOCCOCCOCCNC(=O)C(C)C. The quantitative estimate of drug-likeness (QED) is 0.363. The predicted octanol–water partition coefficient (Wildman–Crippen LogP) is 1.38. The number of carbonyl (C=O) groups is 2. The second-order valence-electron chi connectivity index (χ2n) is 5.69. The van der Waals surface area contributed by atoms with E-state index in [2.05, 4.69) is 10.6 Å². The average molecular weight is 393 g/mol. The summed E-state index contributed by atoms with van der Waals surface area (Å²) >= 11 is 0. The minimum absolute atomic E-state index is 0.00746. The van der Waals surface area contributed by atoms with Gasteiger partial charge in [-0.25, -0.2) is 0 Å². The van der Waals surface area contributed by atoms with Gasteiger partial charge in [-0.05, 0) is 6.42 Å². The molecule has 0 spiro atoms. The van der Waals surface area contributed by atoms with E-state index in [0.717, 1.165) is 6.42 Å². The van der Waals surface area contributed by atoms with E-state index in [0.29, 0.717) is 59.3 Å². The lowest BCUT2D eigenvalue weighted by Crippen LogP contribution is -2.31.